The number of ether oxygens (including phenoxy) is 2. The Morgan fingerprint density at radius 2 is 2.07 bits per heavy atom. The number of carbonyl (C=O) groups is 1. The topological polar surface area (TPSA) is 81.9 Å². The Kier molecular flexibility index (Phi) is 4.58. The molecule has 0 saturated carbocycles. The van der Waals surface area contributed by atoms with E-state index in [1.807, 2.05) is 38.1 Å². The Morgan fingerprint density at radius 1 is 1.32 bits per heavy atom. The Balaban J connectivity index is 1.96. The summed E-state index contributed by atoms with van der Waals surface area (Å²) in [5.74, 6) is -0.749. The van der Waals surface area contributed by atoms with Gasteiger partial charge in [-0.15, -0.1) is 11.3 Å². The molecular weight excluding hydrogens is 380 g/mol. The molecule has 1 aliphatic heterocycles. The lowest BCUT2D eigenvalue weighted by Crippen LogP contribution is -2.32. The summed E-state index contributed by atoms with van der Waals surface area (Å²) in [4.78, 5) is 32.8. The summed E-state index contributed by atoms with van der Waals surface area (Å²) in [6.45, 7) is 3.82. The molecule has 0 bridgehead atoms. The van der Waals surface area contributed by atoms with E-state index in [2.05, 4.69) is 4.98 Å². The number of anilines is 1. The van der Waals surface area contributed by atoms with Gasteiger partial charge < -0.3 is 18.8 Å². The molecule has 0 aliphatic carbocycles. The minimum Gasteiger partial charge on any atom is -0.476 e. The summed E-state index contributed by atoms with van der Waals surface area (Å²) >= 11 is 1.43. The second-order valence-corrected chi connectivity index (χ2v) is 7.75. The average molecular weight is 400 g/mol. The van der Waals surface area contributed by atoms with Crippen molar-refractivity contribution < 1.29 is 18.7 Å². The molecule has 28 heavy (non-hydrogen) atoms. The first-order chi connectivity index (χ1) is 13.4. The highest BCUT2D eigenvalue weighted by Crippen LogP contribution is 2.47. The van der Waals surface area contributed by atoms with E-state index in [9.17, 15) is 9.59 Å². The van der Waals surface area contributed by atoms with Gasteiger partial charge in [0.1, 0.15) is 11.3 Å². The van der Waals surface area contributed by atoms with Crippen LogP contribution < -0.4 is 15.3 Å². The zero-order valence-corrected chi connectivity index (χ0v) is 16.8. The third-order valence-corrected chi connectivity index (χ3v) is 6.07. The average Bonchev–Trinajstić information content (AvgIpc) is 3.23. The predicted octanol–water partition coefficient (Wildman–Crippen LogP) is 3.08. The van der Waals surface area contributed by atoms with E-state index in [1.54, 1.807) is 19.1 Å². The fourth-order valence-corrected chi connectivity index (χ4v) is 4.55. The van der Waals surface area contributed by atoms with Gasteiger partial charge in [0.15, 0.2) is 5.13 Å². The van der Waals surface area contributed by atoms with Crippen LogP contribution in [0, 0.1) is 6.92 Å². The van der Waals surface area contributed by atoms with Crippen molar-refractivity contribution in [3.63, 3.8) is 0 Å². The number of aryl methyl sites for hydroxylation is 1. The van der Waals surface area contributed by atoms with Crippen LogP contribution in [0.1, 0.15) is 29.0 Å². The molecule has 1 aliphatic rings. The predicted molar refractivity (Wildman–Crippen MR) is 107 cm³/mol. The molecule has 0 radical (unpaired) electrons. The van der Waals surface area contributed by atoms with Gasteiger partial charge in [-0.05, 0) is 26.0 Å². The maximum absolute atomic E-state index is 12.9. The van der Waals surface area contributed by atoms with E-state index in [0.717, 1.165) is 15.7 Å². The van der Waals surface area contributed by atoms with Crippen LogP contribution in [0.4, 0.5) is 5.13 Å². The molecule has 1 aromatic carbocycles. The number of esters is 1. The van der Waals surface area contributed by atoms with Gasteiger partial charge in [0.2, 0.25) is 6.10 Å². The highest BCUT2D eigenvalue weighted by molar-refractivity contribution is 7.15. The van der Waals surface area contributed by atoms with Gasteiger partial charge in [0.25, 0.3) is 0 Å². The van der Waals surface area contributed by atoms with Gasteiger partial charge in [0.05, 0.1) is 29.2 Å². The van der Waals surface area contributed by atoms with E-state index in [-0.39, 0.29) is 6.61 Å². The van der Waals surface area contributed by atoms with Crippen molar-refractivity contribution in [2.24, 2.45) is 0 Å². The lowest BCUT2D eigenvalue weighted by molar-refractivity contribution is -0.151. The third-order valence-electron chi connectivity index (χ3n) is 4.66. The number of nitrogens with zero attached hydrogens (tertiary/aromatic N) is 2. The van der Waals surface area contributed by atoms with Crippen LogP contribution in [0.25, 0.3) is 11.0 Å². The standard InChI is InChI=1S/C20H20N2O5S/c1-5-25-19(24)16-13(17-10(2)21-20(28-17)22(3)4)14-15(27-16)11-8-6-7-9-12(11)26-18(14)23/h6-9,13,16H,5H2,1-4H3/t13-,16-/m1/s1. The molecule has 0 spiro atoms. The molecule has 2 atom stereocenters. The molecule has 2 aromatic heterocycles. The zero-order valence-electron chi connectivity index (χ0n) is 16.0. The van der Waals surface area contributed by atoms with Crippen LogP contribution in [-0.2, 0) is 9.53 Å². The first kappa shape index (κ1) is 18.5. The first-order valence-electron chi connectivity index (χ1n) is 8.96. The summed E-state index contributed by atoms with van der Waals surface area (Å²) < 4.78 is 16.8. The summed E-state index contributed by atoms with van der Waals surface area (Å²) in [5.41, 5.74) is 1.00. The van der Waals surface area contributed by atoms with Gasteiger partial charge in [-0.2, -0.15) is 0 Å². The maximum atomic E-state index is 12.9. The van der Waals surface area contributed by atoms with E-state index in [0.29, 0.717) is 22.3 Å². The van der Waals surface area contributed by atoms with Gasteiger partial charge in [-0.1, -0.05) is 12.1 Å². The molecule has 3 aromatic rings. The zero-order chi connectivity index (χ0) is 20.0. The Bertz CT molecular complexity index is 1120. The van der Waals surface area contributed by atoms with Gasteiger partial charge in [-0.3, -0.25) is 0 Å². The van der Waals surface area contributed by atoms with Crippen LogP contribution in [0.15, 0.2) is 33.5 Å². The number of hydrogen-bond acceptors (Lipinski definition) is 8. The van der Waals surface area contributed by atoms with E-state index >= 15 is 0 Å². The number of benzene rings is 1. The number of fused-ring (bicyclic) bond motifs is 3. The molecule has 0 saturated heterocycles. The van der Waals surface area contributed by atoms with Gasteiger partial charge in [-0.25, -0.2) is 14.6 Å². The number of carbonyl (C=O) groups excluding carboxylic acids is 1. The van der Waals surface area contributed by atoms with E-state index < -0.39 is 23.6 Å². The molecule has 3 heterocycles. The lowest BCUT2D eigenvalue weighted by atomic mass is 9.93. The lowest BCUT2D eigenvalue weighted by Gasteiger charge is -2.16. The number of hydrogen-bond donors (Lipinski definition) is 0. The van der Waals surface area contributed by atoms with Crippen LogP contribution in [0.2, 0.25) is 0 Å². The minimum atomic E-state index is -0.960. The van der Waals surface area contributed by atoms with Gasteiger partial charge in [0, 0.05) is 19.0 Å². The van der Waals surface area contributed by atoms with Crippen molar-refractivity contribution in [1.82, 2.24) is 4.98 Å². The molecule has 7 nitrogen and oxygen atoms in total. The van der Waals surface area contributed by atoms with Gasteiger partial charge >= 0.3 is 11.6 Å². The van der Waals surface area contributed by atoms with E-state index in [4.69, 9.17) is 13.9 Å². The molecule has 146 valence electrons. The fourth-order valence-electron chi connectivity index (χ4n) is 3.43. The Labute approximate surface area is 165 Å². The summed E-state index contributed by atoms with van der Waals surface area (Å²) in [5, 5.41) is 1.44. The molecule has 4 rings (SSSR count). The van der Waals surface area contributed by atoms with Crippen molar-refractivity contribution in [3.8, 4) is 5.75 Å². The smallest absolute Gasteiger partial charge is 0.348 e. The molecule has 8 heteroatoms. The molecule has 0 amide bonds. The van der Waals surface area contributed by atoms with Crippen LogP contribution in [-0.4, -0.2) is 37.8 Å². The third kappa shape index (κ3) is 2.84. The Morgan fingerprint density at radius 3 is 2.75 bits per heavy atom. The largest absolute Gasteiger partial charge is 0.476 e. The quantitative estimate of drug-likeness (QED) is 0.492. The summed E-state index contributed by atoms with van der Waals surface area (Å²) in [7, 11) is 3.79. The fraction of sp³-hybridized carbons (Fsp3) is 0.350. The van der Waals surface area contributed by atoms with Crippen molar-refractivity contribution in [1.29, 1.82) is 0 Å². The highest BCUT2D eigenvalue weighted by atomic mass is 32.1. The SMILES string of the molecule is CCOC(=O)[C@@H]1Oc2c(c(=O)oc3ccccc23)[C@H]1c1sc(N(C)C)nc1C. The van der Waals surface area contributed by atoms with Crippen molar-refractivity contribution >= 4 is 33.4 Å². The highest BCUT2D eigenvalue weighted by Gasteiger charge is 2.46. The second kappa shape index (κ2) is 6.94. The maximum Gasteiger partial charge on any atom is 0.348 e. The summed E-state index contributed by atoms with van der Waals surface area (Å²) in [6.07, 6.45) is -0.960. The van der Waals surface area contributed by atoms with Crippen LogP contribution >= 0.6 is 11.3 Å². The normalized spacial score (nSPS) is 18.0. The molecular formula is C20H20N2O5S. The number of rotatable bonds is 4. The number of thiazole rings is 1. The number of aromatic nitrogens is 1. The minimum absolute atomic E-state index is 0.224. The summed E-state index contributed by atoms with van der Waals surface area (Å²) in [6, 6.07) is 7.13. The van der Waals surface area contributed by atoms with Crippen molar-refractivity contribution in [2.45, 2.75) is 25.9 Å². The van der Waals surface area contributed by atoms with Crippen LogP contribution in [0.3, 0.4) is 0 Å². The molecule has 0 unspecified atom stereocenters. The number of para-hydroxylation sites is 1. The monoisotopic (exact) mass is 400 g/mol. The van der Waals surface area contributed by atoms with Crippen molar-refractivity contribution in [3.05, 3.63) is 50.8 Å². The first-order valence-corrected chi connectivity index (χ1v) is 9.77. The molecule has 0 fully saturated rings. The second-order valence-electron chi connectivity index (χ2n) is 6.74. The van der Waals surface area contributed by atoms with Crippen LogP contribution in [0.5, 0.6) is 5.75 Å². The molecule has 0 N–H and O–H groups in total. The Hall–Kier alpha value is -2.87. The van der Waals surface area contributed by atoms with Crippen molar-refractivity contribution in [2.75, 3.05) is 25.6 Å². The van der Waals surface area contributed by atoms with E-state index in [1.165, 1.54) is 11.3 Å².